The van der Waals surface area contributed by atoms with E-state index in [0.29, 0.717) is 28.2 Å². The van der Waals surface area contributed by atoms with Crippen LogP contribution in [0.3, 0.4) is 0 Å². The van der Waals surface area contributed by atoms with Gasteiger partial charge in [-0.3, -0.25) is 4.98 Å². The summed E-state index contributed by atoms with van der Waals surface area (Å²) < 4.78 is 75.2. The molecule has 0 saturated carbocycles. The summed E-state index contributed by atoms with van der Waals surface area (Å²) in [5, 5.41) is 0.754. The van der Waals surface area contributed by atoms with Crippen LogP contribution in [-0.4, -0.2) is 14.5 Å². The molecule has 0 spiro atoms. The maximum atomic E-state index is 7.83. The molecule has 0 atom stereocenters. The SMILES string of the molecule is [2H]C([2H])([2H])c1c[c-]c(-c2ccc(C([2H])([2H])[2H])cn2)cc1.[2H]C([2H])([2H])c1ccc2c(-c3nc4ccccc4n3-c3c(-c4ccccc4)cc(C)cc3-c3ccccc3)[c-]oc2c1.[Ir]. The van der Waals surface area contributed by atoms with Crippen molar-refractivity contribution in [1.82, 2.24) is 14.5 Å². The Morgan fingerprint density at radius 1 is 0.660 bits per heavy atom. The molecule has 3 heterocycles. The van der Waals surface area contributed by atoms with Gasteiger partial charge in [0.05, 0.1) is 22.5 Å². The van der Waals surface area contributed by atoms with E-state index in [9.17, 15) is 0 Å². The van der Waals surface area contributed by atoms with Crippen LogP contribution in [0.25, 0.3) is 72.6 Å². The zero-order valence-corrected chi connectivity index (χ0v) is 30.9. The van der Waals surface area contributed by atoms with Crippen LogP contribution in [0.4, 0.5) is 0 Å². The molecule has 9 aromatic rings. The molecular weight excluding hydrogens is 827 g/mol. The zero-order chi connectivity index (χ0) is 43.1. The van der Waals surface area contributed by atoms with E-state index in [2.05, 4.69) is 95.5 Å². The van der Waals surface area contributed by atoms with Crippen molar-refractivity contribution >= 4 is 22.0 Å². The van der Waals surface area contributed by atoms with Crippen LogP contribution in [0.15, 0.2) is 156 Å². The molecule has 6 aromatic carbocycles. The van der Waals surface area contributed by atoms with E-state index in [1.54, 1.807) is 30.3 Å². The minimum absolute atomic E-state index is 0. The smallest absolute Gasteiger partial charge is 0.0774 e. The number of hydrogen-bond donors (Lipinski definition) is 0. The first-order valence-electron chi connectivity index (χ1n) is 21.2. The second-order valence-electron chi connectivity index (χ2n) is 12.4. The van der Waals surface area contributed by atoms with Gasteiger partial charge in [0.25, 0.3) is 0 Å². The molecule has 0 N–H and O–H groups in total. The number of para-hydroxylation sites is 2. The van der Waals surface area contributed by atoms with Crippen LogP contribution in [-0.2, 0) is 20.1 Å². The van der Waals surface area contributed by atoms with Gasteiger partial charge < -0.3 is 14.0 Å². The Hall–Kier alpha value is -5.87. The molecule has 1 radical (unpaired) electrons. The second-order valence-corrected chi connectivity index (χ2v) is 12.4. The summed E-state index contributed by atoms with van der Waals surface area (Å²) in [5.74, 6) is 0.671. The molecule has 5 heteroatoms. The standard InChI is InChI=1S/C35H25N2O.C13H12N.Ir/c1-23-17-18-27-30(22-38-33(27)21-23)35-36-31-15-9-10-16-32(31)37(35)34-28(25-11-5-3-6-12-25)19-24(2)20-29(34)26-13-7-4-8-14-26;1-10-3-6-12(7-4-10)13-8-5-11(2)9-14-13;/h3-21H,1-2H3;3-6,8-9H,1-2H3;/q2*-1;/i1D3;1D3,2D3;. The van der Waals surface area contributed by atoms with Crippen LogP contribution in [0.1, 0.15) is 34.6 Å². The first kappa shape index (κ1) is 26.0. The monoisotopic (exact) mass is 873 g/mol. The van der Waals surface area contributed by atoms with Gasteiger partial charge in [-0.1, -0.05) is 120 Å². The molecule has 3 aromatic heterocycles. The number of nitrogens with zero attached hydrogens (tertiary/aromatic N) is 3. The van der Waals surface area contributed by atoms with Crippen LogP contribution >= 0.6 is 0 Å². The van der Waals surface area contributed by atoms with E-state index < -0.39 is 20.6 Å². The summed E-state index contributed by atoms with van der Waals surface area (Å²) in [6.07, 6.45) is 4.37. The Morgan fingerprint density at radius 3 is 1.96 bits per heavy atom. The summed E-state index contributed by atoms with van der Waals surface area (Å²) in [6, 6.07) is 48.7. The number of furan rings is 1. The molecule has 0 aliphatic rings. The maximum Gasteiger partial charge on any atom is 0.0774 e. The Kier molecular flexibility index (Phi) is 7.54. The summed E-state index contributed by atoms with van der Waals surface area (Å²) in [7, 11) is 0. The maximum absolute atomic E-state index is 7.83. The third-order valence-corrected chi connectivity index (χ3v) is 8.80. The van der Waals surface area contributed by atoms with Crippen molar-refractivity contribution < 1.29 is 36.9 Å². The molecule has 0 amide bonds. The molecule has 4 nitrogen and oxygen atoms in total. The number of imidazole rings is 1. The van der Waals surface area contributed by atoms with Crippen LogP contribution < -0.4 is 0 Å². The van der Waals surface area contributed by atoms with E-state index in [4.69, 9.17) is 21.7 Å². The van der Waals surface area contributed by atoms with E-state index in [-0.39, 0.29) is 36.8 Å². The fourth-order valence-corrected chi connectivity index (χ4v) is 6.39. The average Bonchev–Trinajstić information content (AvgIpc) is 3.85. The zero-order valence-electron chi connectivity index (χ0n) is 37.5. The first-order chi connectivity index (χ1) is 29.1. The number of hydrogen-bond acceptors (Lipinski definition) is 3. The van der Waals surface area contributed by atoms with Gasteiger partial charge in [0.1, 0.15) is 0 Å². The van der Waals surface area contributed by atoms with Crippen molar-refractivity contribution in [2.45, 2.75) is 27.5 Å². The van der Waals surface area contributed by atoms with E-state index in [0.717, 1.165) is 49.9 Å². The van der Waals surface area contributed by atoms with Gasteiger partial charge >= 0.3 is 0 Å². The van der Waals surface area contributed by atoms with Crippen molar-refractivity contribution in [1.29, 1.82) is 0 Å². The summed E-state index contributed by atoms with van der Waals surface area (Å²) in [6.45, 7) is -4.45. The first-order valence-corrected chi connectivity index (χ1v) is 16.7. The van der Waals surface area contributed by atoms with E-state index in [1.807, 2.05) is 30.3 Å². The Balaban J connectivity index is 0.000000233. The van der Waals surface area contributed by atoms with Gasteiger partial charge in [-0.05, 0) is 72.8 Å². The van der Waals surface area contributed by atoms with E-state index >= 15 is 0 Å². The van der Waals surface area contributed by atoms with Crippen molar-refractivity contribution in [3.8, 4) is 50.6 Å². The quantitative estimate of drug-likeness (QED) is 0.162. The third-order valence-electron chi connectivity index (χ3n) is 8.80. The fourth-order valence-electron chi connectivity index (χ4n) is 6.39. The number of fused-ring (bicyclic) bond motifs is 2. The molecule has 9 rings (SSSR count). The van der Waals surface area contributed by atoms with Gasteiger partial charge in [0.15, 0.2) is 0 Å². The summed E-state index contributed by atoms with van der Waals surface area (Å²) in [4.78, 5) is 9.18. The van der Waals surface area contributed by atoms with Gasteiger partial charge in [0.2, 0.25) is 0 Å². The molecular formula is C48H37IrN3O-2. The Labute approximate surface area is 336 Å². The minimum atomic E-state index is -2.23. The van der Waals surface area contributed by atoms with Gasteiger partial charge in [-0.15, -0.1) is 41.5 Å². The average molecular weight is 873 g/mol. The molecule has 0 bridgehead atoms. The molecule has 0 aliphatic heterocycles. The molecule has 0 saturated heterocycles. The number of pyridine rings is 1. The molecule has 0 unspecified atom stereocenters. The molecule has 0 aliphatic carbocycles. The number of aryl methyl sites for hydroxylation is 4. The second kappa shape index (κ2) is 15.4. The molecule has 0 fully saturated rings. The molecule has 53 heavy (non-hydrogen) atoms. The van der Waals surface area contributed by atoms with Crippen LogP contribution in [0.5, 0.6) is 0 Å². The van der Waals surface area contributed by atoms with Crippen molar-refractivity contribution in [2.24, 2.45) is 0 Å². The number of aromatic nitrogens is 3. The Bertz CT molecular complexity index is 2860. The number of benzene rings is 6. The van der Waals surface area contributed by atoms with E-state index in [1.165, 1.54) is 24.4 Å². The predicted octanol–water partition coefficient (Wildman–Crippen LogP) is 12.4. The Morgan fingerprint density at radius 2 is 1.32 bits per heavy atom. The van der Waals surface area contributed by atoms with Crippen LogP contribution in [0.2, 0.25) is 0 Å². The van der Waals surface area contributed by atoms with Crippen molar-refractivity contribution in [3.05, 3.63) is 186 Å². The topological polar surface area (TPSA) is 43.9 Å². The van der Waals surface area contributed by atoms with Crippen molar-refractivity contribution in [2.75, 3.05) is 0 Å². The minimum Gasteiger partial charge on any atom is -0.557 e. The summed E-state index contributed by atoms with van der Waals surface area (Å²) in [5.41, 5.74) is 11.2. The number of rotatable bonds is 5. The van der Waals surface area contributed by atoms with Crippen LogP contribution in [0, 0.1) is 39.8 Å². The van der Waals surface area contributed by atoms with Gasteiger partial charge in [0, 0.05) is 61.6 Å². The van der Waals surface area contributed by atoms with Crippen molar-refractivity contribution in [3.63, 3.8) is 0 Å². The largest absolute Gasteiger partial charge is 0.557 e. The normalized spacial score (nSPS) is 14.1. The fraction of sp³-hybridized carbons (Fsp3) is 0.0833. The van der Waals surface area contributed by atoms with Gasteiger partial charge in [-0.2, -0.15) is 0 Å². The predicted molar refractivity (Wildman–Crippen MR) is 213 cm³/mol. The van der Waals surface area contributed by atoms with Gasteiger partial charge in [-0.25, -0.2) is 0 Å². The third kappa shape index (κ3) is 7.27. The summed E-state index contributed by atoms with van der Waals surface area (Å²) >= 11 is 0. The molecule has 261 valence electrons.